The van der Waals surface area contributed by atoms with E-state index in [0.717, 1.165) is 12.0 Å². The van der Waals surface area contributed by atoms with Gasteiger partial charge in [0.15, 0.2) is 5.52 Å². The Morgan fingerprint density at radius 2 is 1.78 bits per heavy atom. The molecule has 0 fully saturated rings. The number of hydrogen-bond donors (Lipinski definition) is 0. The van der Waals surface area contributed by atoms with Gasteiger partial charge in [-0.25, -0.2) is 0 Å². The van der Waals surface area contributed by atoms with Crippen molar-refractivity contribution >= 4 is 14.8 Å². The molecule has 0 bridgehead atoms. The number of hydrogen-bond acceptors (Lipinski definition) is 1. The topological polar surface area (TPSA) is 17.1 Å². The van der Waals surface area contributed by atoms with Gasteiger partial charge < -0.3 is 0 Å². The van der Waals surface area contributed by atoms with E-state index in [0.29, 0.717) is 11.3 Å². The largest absolute Gasteiger partial charge is 0.290 e. The van der Waals surface area contributed by atoms with Crippen LogP contribution >= 0.6 is 9.24 Å². The van der Waals surface area contributed by atoms with Crippen molar-refractivity contribution in [3.05, 3.63) is 35.4 Å². The molecule has 1 rings (SSSR count). The lowest BCUT2D eigenvalue weighted by molar-refractivity contribution is 0.108. The quantitative estimate of drug-likeness (QED) is 0.682. The zero-order valence-electron chi connectivity index (χ0n) is 12.0. The fourth-order valence-electron chi connectivity index (χ4n) is 2.13. The van der Waals surface area contributed by atoms with Crippen molar-refractivity contribution in [1.82, 2.24) is 0 Å². The van der Waals surface area contributed by atoms with Crippen LogP contribution in [0.3, 0.4) is 0 Å². The highest BCUT2D eigenvalue weighted by Gasteiger charge is 2.15. The van der Waals surface area contributed by atoms with Crippen molar-refractivity contribution in [3.8, 4) is 0 Å². The van der Waals surface area contributed by atoms with Crippen molar-refractivity contribution in [1.29, 1.82) is 0 Å². The van der Waals surface area contributed by atoms with E-state index in [1.807, 2.05) is 12.1 Å². The molecule has 1 nitrogen and oxygen atoms in total. The Balaban J connectivity index is 2.73. The van der Waals surface area contributed by atoms with Crippen LogP contribution in [0.5, 0.6) is 0 Å². The zero-order valence-corrected chi connectivity index (χ0v) is 13.1. The van der Waals surface area contributed by atoms with Crippen LogP contribution in [0.2, 0.25) is 0 Å². The Morgan fingerprint density at radius 3 is 2.17 bits per heavy atom. The summed E-state index contributed by atoms with van der Waals surface area (Å²) in [6.45, 7) is 9.10. The lowest BCUT2D eigenvalue weighted by Gasteiger charge is -2.22. The predicted octanol–water partition coefficient (Wildman–Crippen LogP) is 5.02. The number of carbonyl (C=O) groups is 1. The van der Waals surface area contributed by atoms with Gasteiger partial charge in [-0.15, -0.1) is 0 Å². The van der Waals surface area contributed by atoms with Gasteiger partial charge in [-0.05, 0) is 36.2 Å². The van der Waals surface area contributed by atoms with E-state index in [9.17, 15) is 4.79 Å². The van der Waals surface area contributed by atoms with Crippen LogP contribution in [0.25, 0.3) is 0 Å². The molecule has 0 N–H and O–H groups in total. The molecule has 2 heteroatoms. The van der Waals surface area contributed by atoms with E-state index in [2.05, 4.69) is 49.1 Å². The van der Waals surface area contributed by atoms with Gasteiger partial charge in [0.2, 0.25) is 0 Å². The molecule has 18 heavy (non-hydrogen) atoms. The normalized spacial score (nSPS) is 13.4. The minimum absolute atomic E-state index is 0.0595. The Hall–Kier alpha value is -0.680. The summed E-state index contributed by atoms with van der Waals surface area (Å²) in [4.78, 5) is 11.2. The fraction of sp³-hybridized carbons (Fsp3) is 0.562. The molecule has 2 unspecified atom stereocenters. The molecule has 0 aliphatic heterocycles. The summed E-state index contributed by atoms with van der Waals surface area (Å²) in [5.74, 6) is 0.609. The predicted molar refractivity (Wildman–Crippen MR) is 82.2 cm³/mol. The van der Waals surface area contributed by atoms with Crippen LogP contribution in [0, 0.1) is 5.41 Å². The minimum atomic E-state index is 0.0595. The summed E-state index contributed by atoms with van der Waals surface area (Å²) in [6, 6.07) is 8.08. The number of carbonyl (C=O) groups excluding carboxylic acids is 1. The third kappa shape index (κ3) is 4.90. The van der Waals surface area contributed by atoms with E-state index in [4.69, 9.17) is 0 Å². The molecule has 0 amide bonds. The summed E-state index contributed by atoms with van der Waals surface area (Å²) in [6.07, 6.45) is 3.61. The van der Waals surface area contributed by atoms with Crippen molar-refractivity contribution in [2.24, 2.45) is 5.41 Å². The number of benzene rings is 1. The first-order valence-corrected chi connectivity index (χ1v) is 7.31. The van der Waals surface area contributed by atoms with Gasteiger partial charge in [0, 0.05) is 5.56 Å². The molecule has 0 saturated heterocycles. The highest BCUT2D eigenvalue weighted by Crippen LogP contribution is 2.31. The highest BCUT2D eigenvalue weighted by molar-refractivity contribution is 7.41. The second kappa shape index (κ2) is 6.48. The summed E-state index contributed by atoms with van der Waals surface area (Å²) in [5.41, 5.74) is 2.58. The van der Waals surface area contributed by atoms with E-state index < -0.39 is 0 Å². The fourth-order valence-corrected chi connectivity index (χ4v) is 2.33. The second-order valence-electron chi connectivity index (χ2n) is 6.19. The van der Waals surface area contributed by atoms with E-state index >= 15 is 0 Å². The first kappa shape index (κ1) is 15.4. The highest BCUT2D eigenvalue weighted by atomic mass is 31.0. The summed E-state index contributed by atoms with van der Waals surface area (Å²) in [5, 5.41) is 0. The summed E-state index contributed by atoms with van der Waals surface area (Å²) >= 11 is 0. The van der Waals surface area contributed by atoms with Gasteiger partial charge >= 0.3 is 0 Å². The van der Waals surface area contributed by atoms with Crippen LogP contribution in [-0.4, -0.2) is 5.52 Å². The first-order chi connectivity index (χ1) is 8.33. The second-order valence-corrected chi connectivity index (χ2v) is 6.72. The minimum Gasteiger partial charge on any atom is -0.290 e. The van der Waals surface area contributed by atoms with Gasteiger partial charge in [-0.3, -0.25) is 4.79 Å². The van der Waals surface area contributed by atoms with Gasteiger partial charge in [-0.2, -0.15) is 0 Å². The molecular formula is C16H25OP. The SMILES string of the molecule is CCC(CCC(C)(C)C)c1ccc(C(=O)P)cc1. The first-order valence-electron chi connectivity index (χ1n) is 6.73. The molecular weight excluding hydrogens is 239 g/mol. The molecule has 0 heterocycles. The molecule has 100 valence electrons. The van der Waals surface area contributed by atoms with Crippen molar-refractivity contribution in [3.63, 3.8) is 0 Å². The average molecular weight is 264 g/mol. The molecule has 0 aromatic heterocycles. The lowest BCUT2D eigenvalue weighted by Crippen LogP contribution is -2.08. The Bertz CT molecular complexity index is 387. The van der Waals surface area contributed by atoms with Crippen LogP contribution < -0.4 is 0 Å². The molecule has 0 spiro atoms. The smallest absolute Gasteiger partial charge is 0.178 e. The summed E-state index contributed by atoms with van der Waals surface area (Å²) < 4.78 is 0. The van der Waals surface area contributed by atoms with Gasteiger partial charge in [0.1, 0.15) is 0 Å². The maximum Gasteiger partial charge on any atom is 0.178 e. The third-order valence-corrected chi connectivity index (χ3v) is 3.74. The molecule has 0 aliphatic rings. The van der Waals surface area contributed by atoms with Gasteiger partial charge in [0.05, 0.1) is 0 Å². The van der Waals surface area contributed by atoms with Crippen LogP contribution in [0.15, 0.2) is 24.3 Å². The van der Waals surface area contributed by atoms with Crippen molar-refractivity contribution in [2.45, 2.75) is 52.9 Å². The van der Waals surface area contributed by atoms with E-state index in [1.54, 1.807) is 0 Å². The van der Waals surface area contributed by atoms with Crippen molar-refractivity contribution < 1.29 is 4.79 Å². The van der Waals surface area contributed by atoms with Gasteiger partial charge in [0.25, 0.3) is 0 Å². The monoisotopic (exact) mass is 264 g/mol. The van der Waals surface area contributed by atoms with Crippen molar-refractivity contribution in [2.75, 3.05) is 0 Å². The molecule has 1 aromatic carbocycles. The Labute approximate surface area is 114 Å². The van der Waals surface area contributed by atoms with Crippen LogP contribution in [-0.2, 0) is 0 Å². The van der Waals surface area contributed by atoms with E-state index in [1.165, 1.54) is 18.4 Å². The maximum absolute atomic E-state index is 11.2. The third-order valence-electron chi connectivity index (χ3n) is 3.40. The Kier molecular flexibility index (Phi) is 5.53. The lowest BCUT2D eigenvalue weighted by atomic mass is 9.83. The van der Waals surface area contributed by atoms with Gasteiger partial charge in [-0.1, -0.05) is 61.2 Å². The number of rotatable bonds is 5. The van der Waals surface area contributed by atoms with Crippen LogP contribution in [0.1, 0.15) is 68.8 Å². The van der Waals surface area contributed by atoms with Crippen LogP contribution in [0.4, 0.5) is 0 Å². The summed E-state index contributed by atoms with van der Waals surface area (Å²) in [7, 11) is 2.22. The maximum atomic E-state index is 11.2. The average Bonchev–Trinajstić information content (AvgIpc) is 2.29. The molecule has 2 atom stereocenters. The zero-order chi connectivity index (χ0) is 13.8. The molecule has 0 aliphatic carbocycles. The molecule has 1 aromatic rings. The standard InChI is InChI=1S/C16H25OP/c1-5-12(10-11-16(2,3)4)13-6-8-14(9-7-13)15(17)18/h6-9,12H,5,10-11,18H2,1-4H3. The molecule has 0 radical (unpaired) electrons. The van der Waals surface area contributed by atoms with E-state index in [-0.39, 0.29) is 5.52 Å². The Morgan fingerprint density at radius 1 is 1.22 bits per heavy atom. The molecule has 0 saturated carbocycles.